The maximum absolute atomic E-state index is 4.76. The Bertz CT molecular complexity index is 729. The highest BCUT2D eigenvalue weighted by molar-refractivity contribution is 5.81. The number of aryl methyl sites for hydroxylation is 1. The highest BCUT2D eigenvalue weighted by Crippen LogP contribution is 2.19. The van der Waals surface area contributed by atoms with Crippen LogP contribution in [0.3, 0.4) is 0 Å². The van der Waals surface area contributed by atoms with E-state index in [0.29, 0.717) is 6.54 Å². The fraction of sp³-hybridized carbons (Fsp3) is 0.375. The van der Waals surface area contributed by atoms with E-state index in [-0.39, 0.29) is 0 Å². The molecule has 110 valence electrons. The maximum Gasteiger partial charge on any atom is 0.127 e. The average molecular weight is 284 g/mol. The summed E-state index contributed by atoms with van der Waals surface area (Å²) in [6.07, 6.45) is 3.24. The van der Waals surface area contributed by atoms with Crippen molar-refractivity contribution in [2.75, 3.05) is 6.54 Å². The van der Waals surface area contributed by atoms with Crippen molar-refractivity contribution in [3.05, 3.63) is 47.4 Å². The van der Waals surface area contributed by atoms with Crippen LogP contribution in [0, 0.1) is 6.92 Å². The van der Waals surface area contributed by atoms with Crippen LogP contribution in [0.2, 0.25) is 0 Å². The lowest BCUT2D eigenvalue weighted by Crippen LogP contribution is -2.13. The van der Waals surface area contributed by atoms with E-state index in [1.54, 1.807) is 0 Å². The Balaban J connectivity index is 1.81. The van der Waals surface area contributed by atoms with Gasteiger partial charge in [-0.3, -0.25) is 0 Å². The van der Waals surface area contributed by atoms with Crippen LogP contribution >= 0.6 is 0 Å². The molecule has 0 saturated carbocycles. The van der Waals surface area contributed by atoms with Gasteiger partial charge in [-0.15, -0.1) is 0 Å². The van der Waals surface area contributed by atoms with E-state index < -0.39 is 0 Å². The number of rotatable bonds is 6. The molecule has 0 aliphatic heterocycles. The zero-order valence-corrected chi connectivity index (χ0v) is 12.5. The predicted octanol–water partition coefficient (Wildman–Crippen LogP) is 2.88. The van der Waals surface area contributed by atoms with Gasteiger partial charge in [0.15, 0.2) is 0 Å². The summed E-state index contributed by atoms with van der Waals surface area (Å²) in [5.41, 5.74) is 4.24. The number of nitrogens with zero attached hydrogens (tertiary/aromatic N) is 3. The van der Waals surface area contributed by atoms with Gasteiger partial charge in [0, 0.05) is 18.3 Å². The number of hydrogen-bond donors (Lipinski definition) is 1. The SMILES string of the molecule is CCCNCc1ccc2c(ccn2Cc2nonc2C)c1. The molecule has 2 heterocycles. The van der Waals surface area contributed by atoms with E-state index in [9.17, 15) is 0 Å². The molecule has 3 rings (SSSR count). The third-order valence-corrected chi connectivity index (χ3v) is 3.66. The lowest BCUT2D eigenvalue weighted by molar-refractivity contribution is 0.300. The van der Waals surface area contributed by atoms with Crippen molar-refractivity contribution in [2.24, 2.45) is 0 Å². The van der Waals surface area contributed by atoms with Gasteiger partial charge in [0.1, 0.15) is 11.4 Å². The van der Waals surface area contributed by atoms with E-state index in [0.717, 1.165) is 30.9 Å². The first-order chi connectivity index (χ1) is 10.3. The molecule has 2 aromatic heterocycles. The van der Waals surface area contributed by atoms with Crippen LogP contribution in [0.5, 0.6) is 0 Å². The predicted molar refractivity (Wildman–Crippen MR) is 82.1 cm³/mol. The Kier molecular flexibility index (Phi) is 4.01. The van der Waals surface area contributed by atoms with Crippen molar-refractivity contribution < 1.29 is 4.63 Å². The molecule has 5 nitrogen and oxygen atoms in total. The summed E-state index contributed by atoms with van der Waals surface area (Å²) < 4.78 is 6.93. The molecular formula is C16H20N4O. The van der Waals surface area contributed by atoms with Crippen molar-refractivity contribution >= 4 is 10.9 Å². The van der Waals surface area contributed by atoms with Gasteiger partial charge < -0.3 is 9.88 Å². The summed E-state index contributed by atoms with van der Waals surface area (Å²) in [7, 11) is 0. The molecule has 0 bridgehead atoms. The smallest absolute Gasteiger partial charge is 0.127 e. The van der Waals surface area contributed by atoms with Gasteiger partial charge in [-0.05, 0) is 49.0 Å². The summed E-state index contributed by atoms with van der Waals surface area (Å²) in [5.74, 6) is 0. The van der Waals surface area contributed by atoms with Gasteiger partial charge in [-0.25, -0.2) is 4.63 Å². The highest BCUT2D eigenvalue weighted by Gasteiger charge is 2.08. The lowest BCUT2D eigenvalue weighted by atomic mass is 10.1. The molecule has 0 spiro atoms. The molecule has 1 aromatic carbocycles. The quantitative estimate of drug-likeness (QED) is 0.707. The molecule has 0 unspecified atom stereocenters. The number of hydrogen-bond acceptors (Lipinski definition) is 4. The fourth-order valence-electron chi connectivity index (χ4n) is 2.46. The first-order valence-corrected chi connectivity index (χ1v) is 7.34. The summed E-state index contributed by atoms with van der Waals surface area (Å²) in [5, 5.41) is 12.5. The first-order valence-electron chi connectivity index (χ1n) is 7.34. The van der Waals surface area contributed by atoms with Gasteiger partial charge in [0.2, 0.25) is 0 Å². The molecule has 5 heteroatoms. The molecular weight excluding hydrogens is 264 g/mol. The minimum atomic E-state index is 0.687. The molecule has 0 amide bonds. The second-order valence-corrected chi connectivity index (χ2v) is 5.31. The number of nitrogens with one attached hydrogen (secondary N) is 1. The van der Waals surface area contributed by atoms with Crippen LogP contribution in [0.15, 0.2) is 35.1 Å². The largest absolute Gasteiger partial charge is 0.341 e. The second kappa shape index (κ2) is 6.10. The Morgan fingerprint density at radius 1 is 1.24 bits per heavy atom. The number of aromatic nitrogens is 3. The minimum absolute atomic E-state index is 0.687. The normalized spacial score (nSPS) is 11.3. The van der Waals surface area contributed by atoms with E-state index in [2.05, 4.69) is 57.6 Å². The fourth-order valence-corrected chi connectivity index (χ4v) is 2.46. The second-order valence-electron chi connectivity index (χ2n) is 5.31. The zero-order valence-electron chi connectivity index (χ0n) is 12.5. The number of benzene rings is 1. The highest BCUT2D eigenvalue weighted by atomic mass is 16.6. The summed E-state index contributed by atoms with van der Waals surface area (Å²) in [4.78, 5) is 0. The van der Waals surface area contributed by atoms with Crippen LogP contribution in [-0.2, 0) is 13.1 Å². The molecule has 3 aromatic rings. The summed E-state index contributed by atoms with van der Waals surface area (Å²) in [6, 6.07) is 8.72. The van der Waals surface area contributed by atoms with Crippen LogP contribution in [0.4, 0.5) is 0 Å². The van der Waals surface area contributed by atoms with Gasteiger partial charge >= 0.3 is 0 Å². The maximum atomic E-state index is 4.76. The molecule has 0 saturated heterocycles. The third-order valence-electron chi connectivity index (χ3n) is 3.66. The van der Waals surface area contributed by atoms with Gasteiger partial charge in [-0.1, -0.05) is 23.3 Å². The summed E-state index contributed by atoms with van der Waals surface area (Å²) >= 11 is 0. The topological polar surface area (TPSA) is 55.9 Å². The molecule has 0 aliphatic rings. The lowest BCUT2D eigenvalue weighted by Gasteiger charge is -2.06. The molecule has 0 aliphatic carbocycles. The van der Waals surface area contributed by atoms with Crippen molar-refractivity contribution in [2.45, 2.75) is 33.4 Å². The number of fused-ring (bicyclic) bond motifs is 1. The van der Waals surface area contributed by atoms with Crippen molar-refractivity contribution in [3.63, 3.8) is 0 Å². The van der Waals surface area contributed by atoms with Gasteiger partial charge in [0.25, 0.3) is 0 Å². The molecule has 0 radical (unpaired) electrons. The average Bonchev–Trinajstić information content (AvgIpc) is 3.07. The van der Waals surface area contributed by atoms with Gasteiger partial charge in [0.05, 0.1) is 6.54 Å². The van der Waals surface area contributed by atoms with Crippen molar-refractivity contribution in [3.8, 4) is 0 Å². The Morgan fingerprint density at radius 3 is 2.90 bits per heavy atom. The van der Waals surface area contributed by atoms with Crippen LogP contribution < -0.4 is 5.32 Å². The Labute approximate surface area is 123 Å². The van der Waals surface area contributed by atoms with Crippen LogP contribution in [0.25, 0.3) is 10.9 Å². The summed E-state index contributed by atoms with van der Waals surface area (Å²) in [6.45, 7) is 6.75. The van der Waals surface area contributed by atoms with E-state index in [1.807, 2.05) is 6.92 Å². The minimum Gasteiger partial charge on any atom is -0.341 e. The molecule has 21 heavy (non-hydrogen) atoms. The Hall–Kier alpha value is -2.14. The molecule has 0 atom stereocenters. The third kappa shape index (κ3) is 2.97. The van der Waals surface area contributed by atoms with Crippen molar-refractivity contribution in [1.29, 1.82) is 0 Å². The Morgan fingerprint density at radius 2 is 2.14 bits per heavy atom. The van der Waals surface area contributed by atoms with Crippen LogP contribution in [-0.4, -0.2) is 21.4 Å². The zero-order chi connectivity index (χ0) is 14.7. The van der Waals surface area contributed by atoms with Gasteiger partial charge in [-0.2, -0.15) is 0 Å². The molecule has 0 fully saturated rings. The standard InChI is InChI=1S/C16H20N4O/c1-3-7-17-10-13-4-5-16-14(9-13)6-8-20(16)11-15-12(2)18-21-19-15/h4-6,8-9,17H,3,7,10-11H2,1-2H3. The monoisotopic (exact) mass is 284 g/mol. The van der Waals surface area contributed by atoms with Crippen LogP contribution in [0.1, 0.15) is 30.3 Å². The van der Waals surface area contributed by atoms with Crippen molar-refractivity contribution in [1.82, 2.24) is 20.2 Å². The van der Waals surface area contributed by atoms with E-state index in [4.69, 9.17) is 4.63 Å². The van der Waals surface area contributed by atoms with E-state index >= 15 is 0 Å². The molecule has 1 N–H and O–H groups in total. The first kappa shape index (κ1) is 13.8. The van der Waals surface area contributed by atoms with E-state index in [1.165, 1.54) is 16.5 Å².